The quantitative estimate of drug-likeness (QED) is 0.478. The van der Waals surface area contributed by atoms with Gasteiger partial charge in [0.25, 0.3) is 0 Å². The van der Waals surface area contributed by atoms with Gasteiger partial charge in [0.1, 0.15) is 0 Å². The fraction of sp³-hybridized carbons (Fsp3) is 0.625. The Kier molecular flexibility index (Phi) is 2.65. The van der Waals surface area contributed by atoms with Gasteiger partial charge in [-0.25, -0.2) is 0 Å². The number of carboxylic acids is 1. The highest BCUT2D eigenvalue weighted by molar-refractivity contribution is 5.70. The predicted octanol–water partition coefficient (Wildman–Crippen LogP) is 1.05. The number of rotatable bonds is 5. The van der Waals surface area contributed by atoms with Crippen molar-refractivity contribution in [3.63, 3.8) is 0 Å². The van der Waals surface area contributed by atoms with Gasteiger partial charge < -0.3 is 9.84 Å². The predicted molar refractivity (Wildman–Crippen MR) is 40.3 cm³/mol. The van der Waals surface area contributed by atoms with Crippen molar-refractivity contribution < 1.29 is 14.6 Å². The first-order valence-corrected chi connectivity index (χ1v) is 3.69. The number of allylic oxidation sites excluding steroid dienone is 1. The maximum absolute atomic E-state index is 10.5. The van der Waals surface area contributed by atoms with Crippen molar-refractivity contribution in [3.8, 4) is 0 Å². The van der Waals surface area contributed by atoms with Crippen LogP contribution in [0.15, 0.2) is 12.7 Å². The summed E-state index contributed by atoms with van der Waals surface area (Å²) in [7, 11) is 0. The summed E-state index contributed by atoms with van der Waals surface area (Å²) < 4.78 is 4.94. The van der Waals surface area contributed by atoms with Crippen molar-refractivity contribution in [3.05, 3.63) is 12.7 Å². The van der Waals surface area contributed by atoms with Crippen molar-refractivity contribution in [2.24, 2.45) is 5.92 Å². The van der Waals surface area contributed by atoms with E-state index in [9.17, 15) is 4.79 Å². The van der Waals surface area contributed by atoms with E-state index in [1.165, 1.54) is 0 Å². The molecule has 62 valence electrons. The molecule has 0 radical (unpaired) electrons. The highest BCUT2D eigenvalue weighted by Crippen LogP contribution is 2.21. The molecule has 0 saturated carbocycles. The molecule has 0 spiro atoms. The third-order valence-corrected chi connectivity index (χ3v) is 1.75. The van der Waals surface area contributed by atoms with Gasteiger partial charge in [-0.3, -0.25) is 4.79 Å². The van der Waals surface area contributed by atoms with Crippen LogP contribution in [0.25, 0.3) is 0 Å². The molecule has 3 nitrogen and oxygen atoms in total. The van der Waals surface area contributed by atoms with Crippen molar-refractivity contribution in [1.29, 1.82) is 0 Å². The fourth-order valence-corrected chi connectivity index (χ4v) is 1.02. The number of epoxide rings is 1. The Labute approximate surface area is 65.7 Å². The maximum atomic E-state index is 10.5. The summed E-state index contributed by atoms with van der Waals surface area (Å²) in [5, 5.41) is 8.68. The van der Waals surface area contributed by atoms with Gasteiger partial charge in [-0.2, -0.15) is 0 Å². The summed E-state index contributed by atoms with van der Waals surface area (Å²) in [6.45, 7) is 4.23. The number of ether oxygens (including phenoxy) is 1. The molecule has 1 aliphatic rings. The highest BCUT2D eigenvalue weighted by Gasteiger charge is 2.29. The summed E-state index contributed by atoms with van der Waals surface area (Å²) in [5.41, 5.74) is 0. The molecule has 11 heavy (non-hydrogen) atoms. The first-order chi connectivity index (χ1) is 5.24. The Hall–Kier alpha value is -0.830. The van der Waals surface area contributed by atoms with E-state index in [0.717, 1.165) is 6.61 Å². The van der Waals surface area contributed by atoms with E-state index in [1.54, 1.807) is 6.08 Å². The summed E-state index contributed by atoms with van der Waals surface area (Å²) >= 11 is 0. The van der Waals surface area contributed by atoms with Gasteiger partial charge in [-0.15, -0.1) is 6.58 Å². The van der Waals surface area contributed by atoms with Crippen LogP contribution in [0.1, 0.15) is 12.8 Å². The minimum Gasteiger partial charge on any atom is -0.481 e. The molecular formula is C8H12O3. The molecule has 1 rings (SSSR count). The minimum atomic E-state index is -0.750. The van der Waals surface area contributed by atoms with Gasteiger partial charge in [0.2, 0.25) is 0 Å². The molecule has 0 aromatic carbocycles. The van der Waals surface area contributed by atoms with E-state index in [0.29, 0.717) is 12.8 Å². The average molecular weight is 156 g/mol. The monoisotopic (exact) mass is 156 g/mol. The summed E-state index contributed by atoms with van der Waals surface area (Å²) in [6.07, 6.45) is 2.99. The molecule has 3 heteroatoms. The first kappa shape index (κ1) is 8.27. The van der Waals surface area contributed by atoms with Gasteiger partial charge in [-0.1, -0.05) is 6.08 Å². The second kappa shape index (κ2) is 3.53. The normalized spacial score (nSPS) is 24.2. The van der Waals surface area contributed by atoms with Crippen LogP contribution in [0.5, 0.6) is 0 Å². The van der Waals surface area contributed by atoms with Crippen molar-refractivity contribution in [2.45, 2.75) is 18.9 Å². The Morgan fingerprint density at radius 2 is 2.55 bits per heavy atom. The zero-order chi connectivity index (χ0) is 8.27. The highest BCUT2D eigenvalue weighted by atomic mass is 16.6. The van der Waals surface area contributed by atoms with Crippen LogP contribution in [-0.4, -0.2) is 23.8 Å². The van der Waals surface area contributed by atoms with Crippen LogP contribution in [0, 0.1) is 5.92 Å². The van der Waals surface area contributed by atoms with E-state index in [1.807, 2.05) is 0 Å². The molecule has 0 bridgehead atoms. The van der Waals surface area contributed by atoms with Crippen molar-refractivity contribution >= 4 is 5.97 Å². The topological polar surface area (TPSA) is 49.8 Å². The van der Waals surface area contributed by atoms with Gasteiger partial charge in [0, 0.05) is 0 Å². The van der Waals surface area contributed by atoms with Crippen LogP contribution in [-0.2, 0) is 9.53 Å². The second-order valence-electron chi connectivity index (χ2n) is 2.75. The maximum Gasteiger partial charge on any atom is 0.306 e. The molecule has 0 aromatic heterocycles. The molecule has 1 aliphatic heterocycles. The molecule has 1 fully saturated rings. The molecule has 0 aromatic rings. The van der Waals surface area contributed by atoms with Crippen LogP contribution in [0.3, 0.4) is 0 Å². The summed E-state index contributed by atoms with van der Waals surface area (Å²) in [5.74, 6) is -1.06. The van der Waals surface area contributed by atoms with Gasteiger partial charge in [0.05, 0.1) is 18.6 Å². The van der Waals surface area contributed by atoms with E-state index < -0.39 is 5.97 Å². The van der Waals surface area contributed by atoms with E-state index in [-0.39, 0.29) is 12.0 Å². The van der Waals surface area contributed by atoms with E-state index in [4.69, 9.17) is 9.84 Å². The van der Waals surface area contributed by atoms with E-state index >= 15 is 0 Å². The number of hydrogen-bond acceptors (Lipinski definition) is 2. The SMILES string of the molecule is C=CCC(CC1CO1)C(=O)O. The Morgan fingerprint density at radius 1 is 1.91 bits per heavy atom. The molecule has 2 unspecified atom stereocenters. The Morgan fingerprint density at radius 3 is 2.91 bits per heavy atom. The lowest BCUT2D eigenvalue weighted by Gasteiger charge is -2.06. The van der Waals surface area contributed by atoms with Crippen molar-refractivity contribution in [2.75, 3.05) is 6.61 Å². The fourth-order valence-electron chi connectivity index (χ4n) is 1.02. The average Bonchev–Trinajstić information content (AvgIpc) is 2.70. The van der Waals surface area contributed by atoms with Crippen molar-refractivity contribution in [1.82, 2.24) is 0 Å². The molecule has 1 saturated heterocycles. The Bertz CT molecular complexity index is 161. The smallest absolute Gasteiger partial charge is 0.306 e. The largest absolute Gasteiger partial charge is 0.481 e. The molecule has 0 amide bonds. The van der Waals surface area contributed by atoms with E-state index in [2.05, 4.69) is 6.58 Å². The Balaban J connectivity index is 2.30. The lowest BCUT2D eigenvalue weighted by molar-refractivity contribution is -0.142. The molecule has 1 N–H and O–H groups in total. The summed E-state index contributed by atoms with van der Waals surface area (Å²) in [4.78, 5) is 10.5. The van der Waals surface area contributed by atoms with Gasteiger partial charge >= 0.3 is 5.97 Å². The summed E-state index contributed by atoms with van der Waals surface area (Å²) in [6, 6.07) is 0. The lowest BCUT2D eigenvalue weighted by Crippen LogP contribution is -2.14. The third-order valence-electron chi connectivity index (χ3n) is 1.75. The van der Waals surface area contributed by atoms with Crippen LogP contribution in [0.4, 0.5) is 0 Å². The zero-order valence-electron chi connectivity index (χ0n) is 6.32. The third kappa shape index (κ3) is 2.72. The molecular weight excluding hydrogens is 144 g/mol. The first-order valence-electron chi connectivity index (χ1n) is 3.69. The van der Waals surface area contributed by atoms with Gasteiger partial charge in [-0.05, 0) is 12.8 Å². The lowest BCUT2D eigenvalue weighted by atomic mass is 10.0. The van der Waals surface area contributed by atoms with Crippen LogP contribution < -0.4 is 0 Å². The number of hydrogen-bond donors (Lipinski definition) is 1. The minimum absolute atomic E-state index is 0.191. The number of carboxylic acid groups (broad SMARTS) is 1. The second-order valence-corrected chi connectivity index (χ2v) is 2.75. The number of aliphatic carboxylic acids is 1. The molecule has 1 heterocycles. The molecule has 0 aliphatic carbocycles. The van der Waals surface area contributed by atoms with Crippen LogP contribution >= 0.6 is 0 Å². The van der Waals surface area contributed by atoms with Crippen LogP contribution in [0.2, 0.25) is 0 Å². The molecule has 2 atom stereocenters. The van der Waals surface area contributed by atoms with Gasteiger partial charge in [0.15, 0.2) is 0 Å². The standard InChI is InChI=1S/C8H12O3/c1-2-3-6(8(9)10)4-7-5-11-7/h2,6-7H,1,3-5H2,(H,9,10). The number of carbonyl (C=O) groups is 1. The zero-order valence-corrected chi connectivity index (χ0v) is 6.32.